The summed E-state index contributed by atoms with van der Waals surface area (Å²) in [5, 5.41) is 9.88. The third kappa shape index (κ3) is 4.09. The Morgan fingerprint density at radius 1 is 1.69 bits per heavy atom. The second-order valence-corrected chi connectivity index (χ2v) is 4.24. The lowest BCUT2D eigenvalue weighted by Crippen LogP contribution is -2.40. The van der Waals surface area contributed by atoms with Gasteiger partial charge in [0.1, 0.15) is 0 Å². The van der Waals surface area contributed by atoms with E-state index in [0.717, 1.165) is 18.8 Å². The first-order chi connectivity index (χ1) is 7.34. The highest BCUT2D eigenvalue weighted by Gasteiger charge is 2.17. The van der Waals surface area contributed by atoms with Gasteiger partial charge in [-0.3, -0.25) is 4.79 Å². The van der Waals surface area contributed by atoms with Crippen molar-refractivity contribution in [2.75, 3.05) is 25.0 Å². The zero-order chi connectivity index (χ0) is 10.5. The van der Waals surface area contributed by atoms with Crippen molar-refractivity contribution in [1.29, 1.82) is 0 Å². The Labute approximate surface area is 105 Å². The topological polar surface area (TPSA) is 50.4 Å². The average molecular weight is 263 g/mol. The van der Waals surface area contributed by atoms with Crippen LogP contribution >= 0.6 is 23.7 Å². The minimum atomic E-state index is 0. The van der Waals surface area contributed by atoms with Gasteiger partial charge < -0.3 is 15.4 Å². The summed E-state index contributed by atoms with van der Waals surface area (Å²) >= 11 is 1.57. The van der Waals surface area contributed by atoms with E-state index in [1.54, 1.807) is 11.3 Å². The molecule has 2 heterocycles. The molecule has 0 spiro atoms. The van der Waals surface area contributed by atoms with Crippen LogP contribution in [0.2, 0.25) is 0 Å². The number of carbonyl (C=O) groups is 1. The van der Waals surface area contributed by atoms with Gasteiger partial charge in [0.25, 0.3) is 0 Å². The fraction of sp³-hybridized carbons (Fsp3) is 0.500. The monoisotopic (exact) mass is 262 g/mol. The second-order valence-electron chi connectivity index (χ2n) is 3.46. The van der Waals surface area contributed by atoms with Crippen LogP contribution in [0.4, 0.5) is 5.69 Å². The van der Waals surface area contributed by atoms with Gasteiger partial charge in [-0.15, -0.1) is 12.4 Å². The lowest BCUT2D eigenvalue weighted by Gasteiger charge is -2.22. The van der Waals surface area contributed by atoms with Crippen LogP contribution in [0.5, 0.6) is 0 Å². The molecule has 0 saturated carbocycles. The number of carbonyl (C=O) groups excluding carboxylic acids is 1. The number of nitrogens with one attached hydrogen (secondary N) is 2. The van der Waals surface area contributed by atoms with Crippen molar-refractivity contribution < 1.29 is 9.53 Å². The van der Waals surface area contributed by atoms with Gasteiger partial charge in [0.2, 0.25) is 5.91 Å². The maximum absolute atomic E-state index is 11.6. The summed E-state index contributed by atoms with van der Waals surface area (Å²) in [6.07, 6.45) is 0.431. The summed E-state index contributed by atoms with van der Waals surface area (Å²) in [7, 11) is 0. The third-order valence-corrected chi connectivity index (χ3v) is 2.91. The smallest absolute Gasteiger partial charge is 0.227 e. The van der Waals surface area contributed by atoms with Crippen molar-refractivity contribution in [3.63, 3.8) is 0 Å². The first-order valence-electron chi connectivity index (χ1n) is 4.99. The van der Waals surface area contributed by atoms with Crippen molar-refractivity contribution in [2.45, 2.75) is 12.5 Å². The van der Waals surface area contributed by atoms with Crippen molar-refractivity contribution in [1.82, 2.24) is 5.32 Å². The molecule has 1 atom stereocenters. The number of hydrogen-bond acceptors (Lipinski definition) is 4. The van der Waals surface area contributed by atoms with Gasteiger partial charge >= 0.3 is 0 Å². The molecule has 1 fully saturated rings. The largest absolute Gasteiger partial charge is 0.375 e. The minimum absolute atomic E-state index is 0. The van der Waals surface area contributed by atoms with Crippen LogP contribution in [-0.4, -0.2) is 31.7 Å². The molecule has 1 aliphatic heterocycles. The van der Waals surface area contributed by atoms with E-state index in [1.807, 2.05) is 16.8 Å². The molecule has 1 aromatic heterocycles. The molecule has 4 nitrogen and oxygen atoms in total. The minimum Gasteiger partial charge on any atom is -0.375 e. The molecule has 0 aromatic carbocycles. The third-order valence-electron chi connectivity index (χ3n) is 2.22. The zero-order valence-electron chi connectivity index (χ0n) is 8.77. The molecule has 0 bridgehead atoms. The van der Waals surface area contributed by atoms with Crippen molar-refractivity contribution in [3.8, 4) is 0 Å². The predicted molar refractivity (Wildman–Crippen MR) is 67.4 cm³/mol. The standard InChI is InChI=1S/C10H14N2O2S.ClH/c13-10(12-8-1-4-15-7-8)5-9-6-11-2-3-14-9;/h1,4,7,9,11H,2-3,5-6H2,(H,12,13);1H. The fourth-order valence-electron chi connectivity index (χ4n) is 1.51. The van der Waals surface area contributed by atoms with E-state index in [-0.39, 0.29) is 24.4 Å². The number of morpholine rings is 1. The van der Waals surface area contributed by atoms with Gasteiger partial charge in [-0.05, 0) is 11.4 Å². The lowest BCUT2D eigenvalue weighted by molar-refractivity contribution is -0.119. The molecule has 0 aliphatic carbocycles. The Morgan fingerprint density at radius 2 is 2.56 bits per heavy atom. The maximum atomic E-state index is 11.6. The van der Waals surface area contributed by atoms with Crippen LogP contribution < -0.4 is 10.6 Å². The summed E-state index contributed by atoms with van der Waals surface area (Å²) in [6.45, 7) is 2.33. The molecule has 1 unspecified atom stereocenters. The number of anilines is 1. The first kappa shape index (κ1) is 13.4. The molecule has 1 saturated heterocycles. The summed E-state index contributed by atoms with van der Waals surface area (Å²) in [5.41, 5.74) is 0.869. The summed E-state index contributed by atoms with van der Waals surface area (Å²) in [4.78, 5) is 11.6. The molecule has 2 rings (SSSR count). The van der Waals surface area contributed by atoms with E-state index in [9.17, 15) is 4.79 Å². The van der Waals surface area contributed by atoms with Crippen molar-refractivity contribution >= 4 is 35.3 Å². The van der Waals surface area contributed by atoms with E-state index in [2.05, 4.69) is 10.6 Å². The number of amides is 1. The molecule has 6 heteroatoms. The molecule has 0 radical (unpaired) electrons. The Hall–Kier alpha value is -0.620. The summed E-state index contributed by atoms with van der Waals surface area (Å²) in [6, 6.07) is 1.89. The van der Waals surface area contributed by atoms with E-state index >= 15 is 0 Å². The Kier molecular flexibility index (Phi) is 5.76. The maximum Gasteiger partial charge on any atom is 0.227 e. The van der Waals surface area contributed by atoms with Crippen molar-refractivity contribution in [2.24, 2.45) is 0 Å². The van der Waals surface area contributed by atoms with Crippen LogP contribution in [0.25, 0.3) is 0 Å². The molecule has 16 heavy (non-hydrogen) atoms. The van der Waals surface area contributed by atoms with Crippen LogP contribution in [0.3, 0.4) is 0 Å². The lowest BCUT2D eigenvalue weighted by atomic mass is 10.2. The highest BCUT2D eigenvalue weighted by atomic mass is 35.5. The van der Waals surface area contributed by atoms with Gasteiger partial charge in [0.05, 0.1) is 24.8 Å². The molecule has 90 valence electrons. The zero-order valence-corrected chi connectivity index (χ0v) is 10.4. The Balaban J connectivity index is 0.00000128. The molecule has 1 aliphatic rings. The molecule has 2 N–H and O–H groups in total. The van der Waals surface area contributed by atoms with Crippen LogP contribution in [-0.2, 0) is 9.53 Å². The predicted octanol–water partition coefficient (Wildman–Crippen LogP) is 1.49. The number of thiophene rings is 1. The summed E-state index contributed by atoms with van der Waals surface area (Å²) < 4.78 is 5.45. The van der Waals surface area contributed by atoms with Crippen LogP contribution in [0.15, 0.2) is 16.8 Å². The van der Waals surface area contributed by atoms with Gasteiger partial charge in [0.15, 0.2) is 0 Å². The highest BCUT2D eigenvalue weighted by Crippen LogP contribution is 2.12. The number of hydrogen-bond donors (Lipinski definition) is 2. The van der Waals surface area contributed by atoms with Gasteiger partial charge in [-0.1, -0.05) is 0 Å². The number of rotatable bonds is 3. The number of halogens is 1. The highest BCUT2D eigenvalue weighted by molar-refractivity contribution is 7.08. The molecule has 1 amide bonds. The normalized spacial score (nSPS) is 19.9. The summed E-state index contributed by atoms with van der Waals surface area (Å²) in [5.74, 6) is 0.0158. The Morgan fingerprint density at radius 3 is 3.19 bits per heavy atom. The van der Waals surface area contributed by atoms with Crippen LogP contribution in [0, 0.1) is 0 Å². The second kappa shape index (κ2) is 6.85. The van der Waals surface area contributed by atoms with Gasteiger partial charge in [-0.25, -0.2) is 0 Å². The fourth-order valence-corrected chi connectivity index (χ4v) is 2.09. The quantitative estimate of drug-likeness (QED) is 0.868. The van der Waals surface area contributed by atoms with E-state index < -0.39 is 0 Å². The molecular weight excluding hydrogens is 248 g/mol. The van der Waals surface area contributed by atoms with E-state index in [1.165, 1.54) is 0 Å². The van der Waals surface area contributed by atoms with E-state index in [0.29, 0.717) is 13.0 Å². The van der Waals surface area contributed by atoms with Crippen LogP contribution in [0.1, 0.15) is 6.42 Å². The number of ether oxygens (including phenoxy) is 1. The van der Waals surface area contributed by atoms with E-state index in [4.69, 9.17) is 4.74 Å². The van der Waals surface area contributed by atoms with Gasteiger partial charge in [-0.2, -0.15) is 11.3 Å². The molecular formula is C10H15ClN2O2S. The SMILES string of the molecule is Cl.O=C(CC1CNCCO1)Nc1ccsc1. The first-order valence-corrected chi connectivity index (χ1v) is 5.93. The van der Waals surface area contributed by atoms with Crippen molar-refractivity contribution in [3.05, 3.63) is 16.8 Å². The van der Waals surface area contributed by atoms with Gasteiger partial charge in [0, 0.05) is 18.5 Å². The molecule has 1 aromatic rings. The average Bonchev–Trinajstić information content (AvgIpc) is 2.71. The Bertz CT molecular complexity index is 313.